The monoisotopic (exact) mass is 440 g/mol. The smallest absolute Gasteiger partial charge is 0.223 e. The Balaban J connectivity index is 1.49. The molecule has 9 heteroatoms. The molecular formula is C23H32N6O3. The first-order chi connectivity index (χ1) is 15.5. The predicted octanol–water partition coefficient (Wildman–Crippen LogP) is 2.51. The van der Waals surface area contributed by atoms with Gasteiger partial charge in [0.25, 0.3) is 0 Å². The molecule has 1 saturated carbocycles. The lowest BCUT2D eigenvalue weighted by atomic mass is 9.70. The summed E-state index contributed by atoms with van der Waals surface area (Å²) >= 11 is 0. The van der Waals surface area contributed by atoms with E-state index in [1.807, 2.05) is 24.7 Å². The van der Waals surface area contributed by atoms with Crippen molar-refractivity contribution in [1.82, 2.24) is 25.6 Å². The van der Waals surface area contributed by atoms with E-state index in [9.17, 15) is 4.79 Å². The third-order valence-electron chi connectivity index (χ3n) is 6.77. The number of hydroxylamine groups is 1. The van der Waals surface area contributed by atoms with Gasteiger partial charge in [-0.25, -0.2) is 9.67 Å². The van der Waals surface area contributed by atoms with Gasteiger partial charge in [-0.2, -0.15) is 5.10 Å². The lowest BCUT2D eigenvalue weighted by Crippen LogP contribution is -2.50. The van der Waals surface area contributed by atoms with Crippen molar-refractivity contribution in [3.8, 4) is 0 Å². The van der Waals surface area contributed by atoms with Gasteiger partial charge in [0.15, 0.2) is 5.65 Å². The zero-order valence-corrected chi connectivity index (χ0v) is 19.0. The van der Waals surface area contributed by atoms with Crippen LogP contribution in [0.5, 0.6) is 0 Å². The Labute approximate surface area is 187 Å². The van der Waals surface area contributed by atoms with Gasteiger partial charge < -0.3 is 15.4 Å². The number of rotatable bonds is 6. The molecule has 0 unspecified atom stereocenters. The minimum atomic E-state index is -0.432. The van der Waals surface area contributed by atoms with E-state index >= 15 is 0 Å². The summed E-state index contributed by atoms with van der Waals surface area (Å²) in [6, 6.07) is 0.334. The van der Waals surface area contributed by atoms with Crippen molar-refractivity contribution >= 4 is 28.3 Å². The van der Waals surface area contributed by atoms with Crippen molar-refractivity contribution < 1.29 is 14.4 Å². The lowest BCUT2D eigenvalue weighted by molar-refractivity contribution is -0.146. The summed E-state index contributed by atoms with van der Waals surface area (Å²) in [5.41, 5.74) is 7.46. The number of carbonyl (C=O) groups is 1. The van der Waals surface area contributed by atoms with Crippen molar-refractivity contribution in [2.75, 3.05) is 25.1 Å². The van der Waals surface area contributed by atoms with Crippen molar-refractivity contribution in [3.05, 3.63) is 23.5 Å². The van der Waals surface area contributed by atoms with Crippen LogP contribution in [0.3, 0.4) is 0 Å². The van der Waals surface area contributed by atoms with E-state index in [1.54, 1.807) is 0 Å². The predicted molar refractivity (Wildman–Crippen MR) is 122 cm³/mol. The van der Waals surface area contributed by atoms with Gasteiger partial charge in [0.05, 0.1) is 22.5 Å². The van der Waals surface area contributed by atoms with E-state index in [1.165, 1.54) is 0 Å². The Morgan fingerprint density at radius 2 is 2.09 bits per heavy atom. The zero-order valence-electron chi connectivity index (χ0n) is 19.0. The second-order valence-electron chi connectivity index (χ2n) is 9.00. The third kappa shape index (κ3) is 3.63. The molecule has 1 saturated heterocycles. The fourth-order valence-corrected chi connectivity index (χ4v) is 5.03. The number of nitrogens with zero attached hydrogens (tertiary/aromatic N) is 3. The van der Waals surface area contributed by atoms with Crippen LogP contribution in [-0.4, -0.2) is 52.1 Å². The summed E-state index contributed by atoms with van der Waals surface area (Å²) in [5.74, 6) is 0.106. The highest BCUT2D eigenvalue weighted by atomic mass is 16.7. The van der Waals surface area contributed by atoms with Gasteiger partial charge in [0, 0.05) is 50.0 Å². The van der Waals surface area contributed by atoms with E-state index in [0.29, 0.717) is 25.4 Å². The molecule has 3 aliphatic rings. The highest BCUT2D eigenvalue weighted by Gasteiger charge is 2.50. The number of hydrogen-bond donors (Lipinski definition) is 3. The Morgan fingerprint density at radius 3 is 2.81 bits per heavy atom. The molecule has 2 aliphatic heterocycles. The first-order valence-electron chi connectivity index (χ1n) is 11.7. The highest BCUT2D eigenvalue weighted by molar-refractivity contribution is 5.98. The van der Waals surface area contributed by atoms with Crippen molar-refractivity contribution in [2.45, 2.75) is 64.6 Å². The van der Waals surface area contributed by atoms with Crippen LogP contribution in [0.25, 0.3) is 16.7 Å². The first kappa shape index (κ1) is 21.2. The van der Waals surface area contributed by atoms with Crippen LogP contribution in [-0.2, 0) is 20.9 Å². The van der Waals surface area contributed by atoms with Crippen LogP contribution in [0.15, 0.2) is 12.3 Å². The Morgan fingerprint density at radius 1 is 1.31 bits per heavy atom. The normalized spacial score (nSPS) is 25.5. The molecule has 2 aromatic rings. The van der Waals surface area contributed by atoms with Gasteiger partial charge in [-0.1, -0.05) is 0 Å². The van der Waals surface area contributed by atoms with Crippen LogP contribution in [0.1, 0.15) is 50.8 Å². The van der Waals surface area contributed by atoms with E-state index in [2.05, 4.69) is 29.1 Å². The van der Waals surface area contributed by atoms with Gasteiger partial charge in [-0.05, 0) is 52.5 Å². The van der Waals surface area contributed by atoms with Crippen LogP contribution >= 0.6 is 0 Å². The molecule has 0 aromatic carbocycles. The fraction of sp³-hybridized carbons (Fsp3) is 0.609. The molecule has 2 fully saturated rings. The molecule has 32 heavy (non-hydrogen) atoms. The number of amides is 1. The molecule has 0 bridgehead atoms. The summed E-state index contributed by atoms with van der Waals surface area (Å²) in [6.45, 7) is 9.00. The second-order valence-corrected chi connectivity index (χ2v) is 9.00. The average Bonchev–Trinajstić information content (AvgIpc) is 3.36. The second kappa shape index (κ2) is 8.37. The zero-order chi connectivity index (χ0) is 22.3. The molecular weight excluding hydrogens is 408 g/mol. The maximum absolute atomic E-state index is 12.2. The standard InChI is InChI=1S/C23H32N6O3/c1-4-24-22(30)15-10-23(11-15)12-18(28-32-23)17-13-25-21-19(14(3)27-29(21)5-2)20(17)26-16-6-8-31-9-7-16/h12-13,15-16,28H,4-11H2,1-3H3,(H,24,30)(H,25,26). The molecule has 2 aromatic heterocycles. The van der Waals surface area contributed by atoms with Crippen LogP contribution in [0.4, 0.5) is 5.69 Å². The average molecular weight is 441 g/mol. The number of nitrogens with one attached hydrogen (secondary N) is 3. The summed E-state index contributed by atoms with van der Waals surface area (Å²) in [5, 5.41) is 12.4. The SMILES string of the molecule is CCNC(=O)C1CC2(C=C(c3cnc4c(c(C)nn4CC)c3NC3CCOCC3)NO2)C1. The quantitative estimate of drug-likeness (QED) is 0.634. The van der Waals surface area contributed by atoms with E-state index in [4.69, 9.17) is 19.7 Å². The number of carbonyl (C=O) groups excluding carboxylic acids is 1. The Bertz CT molecular complexity index is 1050. The number of aryl methyl sites for hydroxylation is 2. The maximum Gasteiger partial charge on any atom is 0.223 e. The fourth-order valence-electron chi connectivity index (χ4n) is 5.03. The molecule has 1 amide bonds. The summed E-state index contributed by atoms with van der Waals surface area (Å²) < 4.78 is 7.50. The number of ether oxygens (including phenoxy) is 1. The molecule has 0 atom stereocenters. The Hall–Kier alpha value is -2.65. The topological polar surface area (TPSA) is 102 Å². The lowest BCUT2D eigenvalue weighted by Gasteiger charge is -2.40. The molecule has 1 spiro atoms. The van der Waals surface area contributed by atoms with Gasteiger partial charge >= 0.3 is 0 Å². The number of aromatic nitrogens is 3. The molecule has 1 aliphatic carbocycles. The molecule has 5 rings (SSSR count). The van der Waals surface area contributed by atoms with E-state index in [-0.39, 0.29) is 11.8 Å². The van der Waals surface area contributed by atoms with Crippen LogP contribution < -0.4 is 16.1 Å². The number of fused-ring (bicyclic) bond motifs is 1. The van der Waals surface area contributed by atoms with Crippen LogP contribution in [0, 0.1) is 12.8 Å². The van der Waals surface area contributed by atoms with Crippen molar-refractivity contribution in [3.63, 3.8) is 0 Å². The van der Waals surface area contributed by atoms with Gasteiger partial charge in [0.2, 0.25) is 5.91 Å². The van der Waals surface area contributed by atoms with Crippen LogP contribution in [0.2, 0.25) is 0 Å². The molecule has 3 N–H and O–H groups in total. The van der Waals surface area contributed by atoms with Gasteiger partial charge in [0.1, 0.15) is 5.60 Å². The summed E-state index contributed by atoms with van der Waals surface area (Å²) in [7, 11) is 0. The molecule has 0 radical (unpaired) electrons. The first-order valence-corrected chi connectivity index (χ1v) is 11.7. The summed E-state index contributed by atoms with van der Waals surface area (Å²) in [4.78, 5) is 22.9. The number of pyridine rings is 1. The minimum absolute atomic E-state index is 0.00202. The van der Waals surface area contributed by atoms with E-state index in [0.717, 1.165) is 66.3 Å². The molecule has 172 valence electrons. The third-order valence-corrected chi connectivity index (χ3v) is 6.77. The largest absolute Gasteiger partial charge is 0.381 e. The molecule has 4 heterocycles. The van der Waals surface area contributed by atoms with Gasteiger partial charge in [-0.3, -0.25) is 15.1 Å². The van der Waals surface area contributed by atoms with Crippen molar-refractivity contribution in [2.24, 2.45) is 5.92 Å². The number of hydrogen-bond acceptors (Lipinski definition) is 7. The maximum atomic E-state index is 12.2. The van der Waals surface area contributed by atoms with Gasteiger partial charge in [-0.15, -0.1) is 0 Å². The van der Waals surface area contributed by atoms with Crippen molar-refractivity contribution in [1.29, 1.82) is 0 Å². The molecule has 9 nitrogen and oxygen atoms in total. The Kier molecular flexibility index (Phi) is 5.54. The highest BCUT2D eigenvalue weighted by Crippen LogP contribution is 2.47. The summed E-state index contributed by atoms with van der Waals surface area (Å²) in [6.07, 6.45) is 7.32. The minimum Gasteiger partial charge on any atom is -0.381 e. The van der Waals surface area contributed by atoms with E-state index < -0.39 is 5.60 Å². The number of anilines is 1.